The van der Waals surface area contributed by atoms with Crippen LogP contribution in [0, 0.1) is 5.82 Å². The van der Waals surface area contributed by atoms with Gasteiger partial charge in [-0.25, -0.2) is 4.39 Å². The van der Waals surface area contributed by atoms with E-state index in [4.69, 9.17) is 11.6 Å². The summed E-state index contributed by atoms with van der Waals surface area (Å²) in [5.41, 5.74) is 3.17. The summed E-state index contributed by atoms with van der Waals surface area (Å²) < 4.78 is 13.5. The van der Waals surface area contributed by atoms with Crippen LogP contribution in [0.15, 0.2) is 72.8 Å². The van der Waals surface area contributed by atoms with E-state index < -0.39 is 6.04 Å². The molecule has 0 fully saturated rings. The zero-order valence-corrected chi connectivity index (χ0v) is 16.9. The average molecular weight is 423 g/mol. The van der Waals surface area contributed by atoms with Crippen LogP contribution in [-0.2, 0) is 17.9 Å². The van der Waals surface area contributed by atoms with Gasteiger partial charge in [-0.05, 0) is 47.0 Å². The van der Waals surface area contributed by atoms with Crippen molar-refractivity contribution in [1.29, 1.82) is 0 Å². The number of nitrogens with zero attached hydrogens (tertiary/aromatic N) is 1. The Morgan fingerprint density at radius 3 is 2.57 bits per heavy atom. The highest BCUT2D eigenvalue weighted by molar-refractivity contribution is 6.30. The molecule has 0 unspecified atom stereocenters. The third kappa shape index (κ3) is 4.36. The number of carbonyl (C=O) groups excluding carboxylic acids is 2. The van der Waals surface area contributed by atoms with Crippen LogP contribution in [0.5, 0.6) is 0 Å². The summed E-state index contributed by atoms with van der Waals surface area (Å²) in [7, 11) is 0. The van der Waals surface area contributed by atoms with Crippen LogP contribution in [0.1, 0.15) is 39.5 Å². The first-order valence-electron chi connectivity index (χ1n) is 9.67. The molecule has 0 aliphatic carbocycles. The molecule has 4 nitrogen and oxygen atoms in total. The molecule has 4 rings (SSSR count). The Morgan fingerprint density at radius 1 is 1.07 bits per heavy atom. The van der Waals surface area contributed by atoms with Gasteiger partial charge in [-0.1, -0.05) is 54.1 Å². The molecule has 2 amide bonds. The van der Waals surface area contributed by atoms with Gasteiger partial charge in [0, 0.05) is 23.7 Å². The maximum atomic E-state index is 13.5. The van der Waals surface area contributed by atoms with Crippen molar-refractivity contribution in [3.8, 4) is 0 Å². The monoisotopic (exact) mass is 422 g/mol. The lowest BCUT2D eigenvalue weighted by atomic mass is 10.0. The van der Waals surface area contributed by atoms with Crippen molar-refractivity contribution >= 4 is 23.4 Å². The lowest BCUT2D eigenvalue weighted by molar-refractivity contribution is -0.122. The average Bonchev–Trinajstić information content (AvgIpc) is 3.08. The topological polar surface area (TPSA) is 49.4 Å². The lowest BCUT2D eigenvalue weighted by Crippen LogP contribution is -2.34. The molecule has 3 aromatic rings. The van der Waals surface area contributed by atoms with E-state index in [1.807, 2.05) is 30.3 Å². The third-order valence-electron chi connectivity index (χ3n) is 5.24. The van der Waals surface area contributed by atoms with E-state index in [1.165, 1.54) is 12.1 Å². The van der Waals surface area contributed by atoms with Crippen molar-refractivity contribution in [3.63, 3.8) is 0 Å². The molecule has 152 valence electrons. The quantitative estimate of drug-likeness (QED) is 0.615. The molecule has 0 aromatic heterocycles. The van der Waals surface area contributed by atoms with Gasteiger partial charge in [-0.15, -0.1) is 0 Å². The number of nitrogens with one attached hydrogen (secondary N) is 1. The Bertz CT molecular complexity index is 1080. The summed E-state index contributed by atoms with van der Waals surface area (Å²) in [6.07, 6.45) is 0.0753. The van der Waals surface area contributed by atoms with E-state index in [-0.39, 0.29) is 24.1 Å². The van der Waals surface area contributed by atoms with Crippen LogP contribution < -0.4 is 5.32 Å². The summed E-state index contributed by atoms with van der Waals surface area (Å²) in [5.74, 6) is -0.686. The molecule has 1 aliphatic rings. The summed E-state index contributed by atoms with van der Waals surface area (Å²) in [6, 6.07) is 20.1. The molecule has 0 saturated carbocycles. The number of halogens is 2. The van der Waals surface area contributed by atoms with E-state index in [1.54, 1.807) is 35.2 Å². The normalized spacial score (nSPS) is 13.8. The number of fused-ring (bicyclic) bond motifs is 1. The molecule has 0 saturated heterocycles. The highest BCUT2D eigenvalue weighted by Crippen LogP contribution is 2.33. The SMILES string of the molecule is O=C(C[C@@H](c1ccc(F)cc1)N1Cc2ccccc2C1=O)NCc1cccc(Cl)c1. The Labute approximate surface area is 179 Å². The van der Waals surface area contributed by atoms with Gasteiger partial charge in [-0.2, -0.15) is 0 Å². The van der Waals surface area contributed by atoms with Crippen LogP contribution in [-0.4, -0.2) is 16.7 Å². The van der Waals surface area contributed by atoms with Gasteiger partial charge >= 0.3 is 0 Å². The standard InChI is InChI=1S/C24H20ClFN2O2/c25-19-6-3-4-16(12-19)14-27-23(29)13-22(17-8-10-20(26)11-9-17)28-15-18-5-1-2-7-21(18)24(28)30/h1-12,22H,13-15H2,(H,27,29)/t22-/m0/s1. The molecule has 6 heteroatoms. The zero-order valence-electron chi connectivity index (χ0n) is 16.1. The van der Waals surface area contributed by atoms with Crippen LogP contribution in [0.25, 0.3) is 0 Å². The van der Waals surface area contributed by atoms with Crippen molar-refractivity contribution in [3.05, 3.63) is 106 Å². The summed E-state index contributed by atoms with van der Waals surface area (Å²) in [5, 5.41) is 3.49. The van der Waals surface area contributed by atoms with E-state index >= 15 is 0 Å². The number of rotatable bonds is 6. The largest absolute Gasteiger partial charge is 0.352 e. The molecular weight excluding hydrogens is 403 g/mol. The first-order chi connectivity index (χ1) is 14.5. The molecule has 1 aliphatic heterocycles. The van der Waals surface area contributed by atoms with Crippen molar-refractivity contribution in [2.24, 2.45) is 0 Å². The maximum absolute atomic E-state index is 13.5. The molecular formula is C24H20ClFN2O2. The van der Waals surface area contributed by atoms with Crippen LogP contribution in [0.3, 0.4) is 0 Å². The van der Waals surface area contributed by atoms with Crippen molar-refractivity contribution in [2.75, 3.05) is 0 Å². The fourth-order valence-corrected chi connectivity index (χ4v) is 3.93. The predicted molar refractivity (Wildman–Crippen MR) is 113 cm³/mol. The van der Waals surface area contributed by atoms with Gasteiger partial charge < -0.3 is 10.2 Å². The Balaban J connectivity index is 1.53. The highest BCUT2D eigenvalue weighted by atomic mass is 35.5. The Hall–Kier alpha value is -3.18. The summed E-state index contributed by atoms with van der Waals surface area (Å²) >= 11 is 6.00. The lowest BCUT2D eigenvalue weighted by Gasteiger charge is -2.28. The van der Waals surface area contributed by atoms with Crippen LogP contribution in [0.4, 0.5) is 4.39 Å². The van der Waals surface area contributed by atoms with E-state index in [0.29, 0.717) is 23.7 Å². The summed E-state index contributed by atoms with van der Waals surface area (Å²) in [4.78, 5) is 27.4. The molecule has 1 atom stereocenters. The minimum atomic E-state index is -0.495. The molecule has 0 bridgehead atoms. The van der Waals surface area contributed by atoms with Crippen LogP contribution >= 0.6 is 11.6 Å². The van der Waals surface area contributed by atoms with Crippen molar-refractivity contribution in [2.45, 2.75) is 25.6 Å². The van der Waals surface area contributed by atoms with Crippen molar-refractivity contribution < 1.29 is 14.0 Å². The first kappa shape index (κ1) is 20.1. The second-order valence-electron chi connectivity index (χ2n) is 7.27. The van der Waals surface area contributed by atoms with Gasteiger partial charge in [-0.3, -0.25) is 9.59 Å². The fourth-order valence-electron chi connectivity index (χ4n) is 3.72. The number of benzene rings is 3. The molecule has 0 radical (unpaired) electrons. The Kier molecular flexibility index (Phi) is 5.81. The third-order valence-corrected chi connectivity index (χ3v) is 5.47. The van der Waals surface area contributed by atoms with Gasteiger partial charge in [0.1, 0.15) is 5.82 Å². The first-order valence-corrected chi connectivity index (χ1v) is 10.0. The van der Waals surface area contributed by atoms with Crippen LogP contribution in [0.2, 0.25) is 5.02 Å². The smallest absolute Gasteiger partial charge is 0.255 e. The predicted octanol–water partition coefficient (Wildman–Crippen LogP) is 4.88. The van der Waals surface area contributed by atoms with Crippen molar-refractivity contribution in [1.82, 2.24) is 10.2 Å². The maximum Gasteiger partial charge on any atom is 0.255 e. The van der Waals surface area contributed by atoms with Gasteiger partial charge in [0.2, 0.25) is 5.91 Å². The van der Waals surface area contributed by atoms with Gasteiger partial charge in [0.15, 0.2) is 0 Å². The summed E-state index contributed by atoms with van der Waals surface area (Å²) in [6.45, 7) is 0.752. The molecule has 30 heavy (non-hydrogen) atoms. The number of carbonyl (C=O) groups is 2. The minimum absolute atomic E-state index is 0.0753. The number of amides is 2. The fraction of sp³-hybridized carbons (Fsp3) is 0.167. The molecule has 1 N–H and O–H groups in total. The molecule has 1 heterocycles. The van der Waals surface area contributed by atoms with E-state index in [0.717, 1.165) is 16.7 Å². The van der Waals surface area contributed by atoms with Gasteiger partial charge in [0.25, 0.3) is 5.91 Å². The highest BCUT2D eigenvalue weighted by Gasteiger charge is 2.34. The number of hydrogen-bond donors (Lipinski definition) is 1. The molecule has 0 spiro atoms. The second kappa shape index (κ2) is 8.67. The zero-order chi connectivity index (χ0) is 21.1. The van der Waals surface area contributed by atoms with E-state index in [9.17, 15) is 14.0 Å². The second-order valence-corrected chi connectivity index (χ2v) is 7.70. The van der Waals surface area contributed by atoms with E-state index in [2.05, 4.69) is 5.32 Å². The Morgan fingerprint density at radius 2 is 1.83 bits per heavy atom. The minimum Gasteiger partial charge on any atom is -0.352 e. The van der Waals surface area contributed by atoms with Gasteiger partial charge in [0.05, 0.1) is 12.5 Å². The molecule has 3 aromatic carbocycles. The number of hydrogen-bond acceptors (Lipinski definition) is 2.